The van der Waals surface area contributed by atoms with E-state index in [-0.39, 0.29) is 28.5 Å². The maximum Gasteiger partial charge on any atom is 0.416 e. The summed E-state index contributed by atoms with van der Waals surface area (Å²) in [6.45, 7) is 0. The van der Waals surface area contributed by atoms with Crippen LogP contribution in [0, 0.1) is 0 Å². The highest BCUT2D eigenvalue weighted by atomic mass is 32.2. The second-order valence-electron chi connectivity index (χ2n) is 6.90. The number of hydrogen-bond acceptors (Lipinski definition) is 5. The molecule has 0 saturated carbocycles. The zero-order valence-electron chi connectivity index (χ0n) is 17.4. The van der Waals surface area contributed by atoms with Gasteiger partial charge in [-0.2, -0.15) is 13.2 Å². The molecule has 0 aliphatic carbocycles. The average molecular weight is 480 g/mol. The molecule has 0 fully saturated rings. The van der Waals surface area contributed by atoms with Crippen LogP contribution in [-0.4, -0.2) is 27.7 Å². The Bertz CT molecular complexity index is 1280. The molecule has 0 aromatic heterocycles. The number of nitrogens with one attached hydrogen (secondary N) is 2. The summed E-state index contributed by atoms with van der Waals surface area (Å²) in [5.74, 6) is -0.177. The highest BCUT2D eigenvalue weighted by molar-refractivity contribution is 7.92. The molecule has 3 aromatic rings. The Labute approximate surface area is 188 Å². The van der Waals surface area contributed by atoms with Gasteiger partial charge in [-0.1, -0.05) is 12.1 Å². The summed E-state index contributed by atoms with van der Waals surface area (Å²) in [4.78, 5) is 12.6. The molecule has 0 atom stereocenters. The summed E-state index contributed by atoms with van der Waals surface area (Å²) in [5, 5.41) is 2.64. The Morgan fingerprint density at radius 1 is 0.939 bits per heavy atom. The van der Waals surface area contributed by atoms with Gasteiger partial charge in [-0.25, -0.2) is 8.42 Å². The third-order valence-electron chi connectivity index (χ3n) is 4.25. The summed E-state index contributed by atoms with van der Waals surface area (Å²) in [6, 6.07) is 14.7. The molecule has 33 heavy (non-hydrogen) atoms. The third kappa shape index (κ3) is 6.62. The molecule has 3 rings (SSSR count). The molecule has 0 aliphatic rings. The van der Waals surface area contributed by atoms with E-state index in [2.05, 4.69) is 10.0 Å². The summed E-state index contributed by atoms with van der Waals surface area (Å²) < 4.78 is 74.5. The Kier molecular flexibility index (Phi) is 6.82. The maximum atomic E-state index is 12.9. The van der Waals surface area contributed by atoms with Crippen LogP contribution in [0.15, 0.2) is 66.7 Å². The minimum absolute atomic E-state index is 0.0268. The van der Waals surface area contributed by atoms with Gasteiger partial charge in [0, 0.05) is 17.3 Å². The van der Waals surface area contributed by atoms with Crippen molar-refractivity contribution in [2.45, 2.75) is 6.18 Å². The molecule has 0 unspecified atom stereocenters. The highest BCUT2D eigenvalue weighted by Gasteiger charge is 2.30. The summed E-state index contributed by atoms with van der Waals surface area (Å²) in [7, 11) is -2.17. The number of halogens is 3. The van der Waals surface area contributed by atoms with E-state index in [0.29, 0.717) is 5.69 Å². The van der Waals surface area contributed by atoms with Gasteiger partial charge >= 0.3 is 6.18 Å². The molecule has 0 saturated heterocycles. The lowest BCUT2D eigenvalue weighted by Gasteiger charge is -2.13. The van der Waals surface area contributed by atoms with Crippen LogP contribution in [0.2, 0.25) is 0 Å². The number of hydrogen-bond donors (Lipinski definition) is 2. The van der Waals surface area contributed by atoms with Crippen LogP contribution in [0.3, 0.4) is 0 Å². The fourth-order valence-corrected chi connectivity index (χ4v) is 3.40. The monoisotopic (exact) mass is 480 g/mol. The molecule has 3 aromatic carbocycles. The second kappa shape index (κ2) is 9.41. The summed E-state index contributed by atoms with van der Waals surface area (Å²) >= 11 is 0. The van der Waals surface area contributed by atoms with Crippen molar-refractivity contribution in [3.8, 4) is 17.2 Å². The number of ether oxygens (including phenoxy) is 2. The van der Waals surface area contributed by atoms with Gasteiger partial charge in [-0.3, -0.25) is 9.52 Å². The number of methoxy groups -OCH3 is 1. The number of carbonyl (C=O) groups is 1. The van der Waals surface area contributed by atoms with E-state index in [0.717, 1.165) is 18.4 Å². The van der Waals surface area contributed by atoms with Gasteiger partial charge in [0.2, 0.25) is 10.0 Å². The molecule has 0 spiro atoms. The highest BCUT2D eigenvalue weighted by Crippen LogP contribution is 2.33. The molecule has 0 aliphatic heterocycles. The van der Waals surface area contributed by atoms with Crippen molar-refractivity contribution in [3.63, 3.8) is 0 Å². The first-order chi connectivity index (χ1) is 15.4. The van der Waals surface area contributed by atoms with Crippen LogP contribution in [0.5, 0.6) is 17.2 Å². The molecule has 2 N–H and O–H groups in total. The molecule has 0 radical (unpaired) electrons. The van der Waals surface area contributed by atoms with Crippen LogP contribution in [-0.2, 0) is 16.2 Å². The van der Waals surface area contributed by atoms with E-state index in [1.165, 1.54) is 61.7 Å². The van der Waals surface area contributed by atoms with Crippen LogP contribution in [0.1, 0.15) is 15.9 Å². The molecular formula is C22H19F3N2O5S. The zero-order chi connectivity index (χ0) is 24.2. The lowest BCUT2D eigenvalue weighted by molar-refractivity contribution is -0.137. The third-order valence-corrected chi connectivity index (χ3v) is 4.84. The van der Waals surface area contributed by atoms with E-state index < -0.39 is 27.7 Å². The largest absolute Gasteiger partial charge is 0.494 e. The van der Waals surface area contributed by atoms with Crippen molar-refractivity contribution in [1.82, 2.24) is 0 Å². The van der Waals surface area contributed by atoms with Crippen molar-refractivity contribution in [2.75, 3.05) is 23.4 Å². The fraction of sp³-hybridized carbons (Fsp3) is 0.136. The average Bonchev–Trinajstić information content (AvgIpc) is 2.73. The van der Waals surface area contributed by atoms with Crippen molar-refractivity contribution in [3.05, 3.63) is 77.9 Å². The zero-order valence-corrected chi connectivity index (χ0v) is 18.3. The van der Waals surface area contributed by atoms with E-state index >= 15 is 0 Å². The number of rotatable bonds is 7. The smallest absolute Gasteiger partial charge is 0.416 e. The first kappa shape index (κ1) is 23.9. The quantitative estimate of drug-likeness (QED) is 0.489. The first-order valence-corrected chi connectivity index (χ1v) is 11.3. The van der Waals surface area contributed by atoms with Gasteiger partial charge < -0.3 is 14.8 Å². The predicted octanol–water partition coefficient (Wildman–Crippen LogP) is 5.13. The van der Waals surface area contributed by atoms with Gasteiger partial charge in [-0.15, -0.1) is 0 Å². The van der Waals surface area contributed by atoms with Crippen LogP contribution in [0.25, 0.3) is 0 Å². The topological polar surface area (TPSA) is 93.7 Å². The number of amides is 1. The van der Waals surface area contributed by atoms with Crippen LogP contribution >= 0.6 is 0 Å². The van der Waals surface area contributed by atoms with Crippen molar-refractivity contribution < 1.29 is 35.9 Å². The summed E-state index contributed by atoms with van der Waals surface area (Å²) in [6.07, 6.45) is -3.51. The SMILES string of the molecule is COc1cc(NC(=O)c2cccc(Oc3cccc(C(F)(F)F)c3)c2)ccc1NS(C)(=O)=O. The fourth-order valence-electron chi connectivity index (χ4n) is 2.83. The molecule has 1 amide bonds. The molecule has 0 bridgehead atoms. The van der Waals surface area contributed by atoms with Crippen LogP contribution < -0.4 is 19.5 Å². The molecule has 0 heterocycles. The van der Waals surface area contributed by atoms with Crippen molar-refractivity contribution in [2.24, 2.45) is 0 Å². The molecule has 174 valence electrons. The minimum atomic E-state index is -4.51. The van der Waals surface area contributed by atoms with Crippen LogP contribution in [0.4, 0.5) is 24.5 Å². The number of benzene rings is 3. The van der Waals surface area contributed by atoms with Gasteiger partial charge in [0.1, 0.15) is 17.2 Å². The Morgan fingerprint density at radius 2 is 1.61 bits per heavy atom. The number of carbonyl (C=O) groups excluding carboxylic acids is 1. The molecular weight excluding hydrogens is 461 g/mol. The standard InChI is InChI=1S/C22H19F3N2O5S/c1-31-20-13-16(9-10-19(20)27-33(2,29)30)26-21(28)14-5-3-7-17(11-14)32-18-8-4-6-15(12-18)22(23,24)25/h3-13,27H,1-2H3,(H,26,28). The normalized spacial score (nSPS) is 11.5. The van der Waals surface area contributed by atoms with Gasteiger partial charge in [0.05, 0.1) is 24.6 Å². The molecule has 7 nitrogen and oxygen atoms in total. The van der Waals surface area contributed by atoms with Gasteiger partial charge in [-0.05, 0) is 48.5 Å². The van der Waals surface area contributed by atoms with Crippen molar-refractivity contribution in [1.29, 1.82) is 0 Å². The second-order valence-corrected chi connectivity index (χ2v) is 8.65. The van der Waals surface area contributed by atoms with Gasteiger partial charge in [0.15, 0.2) is 0 Å². The summed E-state index contributed by atoms with van der Waals surface area (Å²) in [5.41, 5.74) is -0.122. The van der Waals surface area contributed by atoms with E-state index in [1.54, 1.807) is 0 Å². The number of anilines is 2. The Hall–Kier alpha value is -3.73. The lowest BCUT2D eigenvalue weighted by Crippen LogP contribution is -2.13. The number of sulfonamides is 1. The Morgan fingerprint density at radius 3 is 2.24 bits per heavy atom. The van der Waals surface area contributed by atoms with E-state index in [1.807, 2.05) is 0 Å². The number of alkyl halides is 3. The maximum absolute atomic E-state index is 12.9. The van der Waals surface area contributed by atoms with E-state index in [9.17, 15) is 26.4 Å². The predicted molar refractivity (Wildman–Crippen MR) is 117 cm³/mol. The van der Waals surface area contributed by atoms with E-state index in [4.69, 9.17) is 9.47 Å². The van der Waals surface area contributed by atoms with Gasteiger partial charge in [0.25, 0.3) is 5.91 Å². The van der Waals surface area contributed by atoms with Crippen molar-refractivity contribution >= 4 is 27.3 Å². The minimum Gasteiger partial charge on any atom is -0.494 e. The Balaban J connectivity index is 1.76. The lowest BCUT2D eigenvalue weighted by atomic mass is 10.2. The molecule has 11 heteroatoms. The first-order valence-electron chi connectivity index (χ1n) is 9.37.